The van der Waals surface area contributed by atoms with Crippen LogP contribution in [0, 0.1) is 0 Å². The Bertz CT molecular complexity index is 521. The molecular formula is C13H15NO2S. The highest BCUT2D eigenvalue weighted by Crippen LogP contribution is 2.26. The normalized spacial score (nSPS) is 12.4. The molecule has 1 aromatic carbocycles. The van der Waals surface area contributed by atoms with Gasteiger partial charge in [0.25, 0.3) is 0 Å². The predicted octanol–water partition coefficient (Wildman–Crippen LogP) is 3.19. The molecule has 2 rings (SSSR count). The standard InChI is InChI=1S/C13H15NO2S/c1-9(14-13(15)16-2)7-10-8-17-12-6-4-3-5-11(10)12/h3-6,8-9H,7H2,1-2H3,(H,14,15)/t9-/m0/s1. The Morgan fingerprint density at radius 2 is 2.24 bits per heavy atom. The fraction of sp³-hybridized carbons (Fsp3) is 0.308. The first-order valence-corrected chi connectivity index (χ1v) is 6.38. The maximum Gasteiger partial charge on any atom is 0.407 e. The minimum Gasteiger partial charge on any atom is -0.453 e. The van der Waals surface area contributed by atoms with Crippen LogP contribution < -0.4 is 5.32 Å². The molecular weight excluding hydrogens is 234 g/mol. The van der Waals surface area contributed by atoms with Crippen LogP contribution in [-0.2, 0) is 11.2 Å². The Morgan fingerprint density at radius 1 is 1.47 bits per heavy atom. The van der Waals surface area contributed by atoms with Crippen LogP contribution in [0.2, 0.25) is 0 Å². The van der Waals surface area contributed by atoms with Gasteiger partial charge in [-0.25, -0.2) is 4.79 Å². The molecule has 1 N–H and O–H groups in total. The number of nitrogens with one attached hydrogen (secondary N) is 1. The number of hydrogen-bond donors (Lipinski definition) is 1. The summed E-state index contributed by atoms with van der Waals surface area (Å²) in [6.45, 7) is 1.98. The molecule has 0 saturated heterocycles. The SMILES string of the molecule is COC(=O)N[C@@H](C)Cc1csc2ccccc12. The number of hydrogen-bond acceptors (Lipinski definition) is 3. The van der Waals surface area contributed by atoms with E-state index in [4.69, 9.17) is 0 Å². The molecule has 1 amide bonds. The number of rotatable bonds is 3. The van der Waals surface area contributed by atoms with Crippen molar-refractivity contribution >= 4 is 27.5 Å². The summed E-state index contributed by atoms with van der Waals surface area (Å²) in [7, 11) is 1.38. The van der Waals surface area contributed by atoms with Gasteiger partial charge in [-0.1, -0.05) is 18.2 Å². The number of methoxy groups -OCH3 is 1. The van der Waals surface area contributed by atoms with Gasteiger partial charge in [-0.3, -0.25) is 0 Å². The van der Waals surface area contributed by atoms with Crippen LogP contribution >= 0.6 is 11.3 Å². The molecule has 0 spiro atoms. The Balaban J connectivity index is 2.10. The van der Waals surface area contributed by atoms with Crippen molar-refractivity contribution < 1.29 is 9.53 Å². The molecule has 0 unspecified atom stereocenters. The molecule has 0 saturated carbocycles. The average molecular weight is 249 g/mol. The van der Waals surface area contributed by atoms with E-state index in [1.165, 1.54) is 22.8 Å². The largest absolute Gasteiger partial charge is 0.453 e. The van der Waals surface area contributed by atoms with Gasteiger partial charge >= 0.3 is 6.09 Å². The van der Waals surface area contributed by atoms with Crippen LogP contribution in [0.5, 0.6) is 0 Å². The minimum atomic E-state index is -0.378. The van der Waals surface area contributed by atoms with Crippen LogP contribution in [0.1, 0.15) is 12.5 Å². The quantitative estimate of drug-likeness (QED) is 0.907. The number of ether oxygens (including phenoxy) is 1. The van der Waals surface area contributed by atoms with Crippen molar-refractivity contribution in [3.05, 3.63) is 35.2 Å². The second kappa shape index (κ2) is 5.19. The number of carbonyl (C=O) groups excluding carboxylic acids is 1. The second-order valence-electron chi connectivity index (χ2n) is 4.00. The van der Waals surface area contributed by atoms with Gasteiger partial charge in [-0.2, -0.15) is 0 Å². The number of carbonyl (C=O) groups is 1. The molecule has 2 aromatic rings. The van der Waals surface area contributed by atoms with Gasteiger partial charge in [-0.05, 0) is 35.7 Å². The van der Waals surface area contributed by atoms with Gasteiger partial charge in [0.05, 0.1) is 7.11 Å². The van der Waals surface area contributed by atoms with Crippen LogP contribution in [0.25, 0.3) is 10.1 Å². The van der Waals surface area contributed by atoms with Gasteiger partial charge in [0.1, 0.15) is 0 Å². The zero-order valence-electron chi connectivity index (χ0n) is 9.90. The summed E-state index contributed by atoms with van der Waals surface area (Å²) in [6.07, 6.45) is 0.441. The van der Waals surface area contributed by atoms with E-state index < -0.39 is 0 Å². The number of benzene rings is 1. The van der Waals surface area contributed by atoms with Gasteiger partial charge < -0.3 is 10.1 Å². The van der Waals surface area contributed by atoms with Gasteiger partial charge in [0.2, 0.25) is 0 Å². The van der Waals surface area contributed by atoms with Gasteiger partial charge in [0.15, 0.2) is 0 Å². The van der Waals surface area contributed by atoms with Crippen molar-refractivity contribution in [3.8, 4) is 0 Å². The molecule has 0 aliphatic heterocycles. The molecule has 17 heavy (non-hydrogen) atoms. The van der Waals surface area contributed by atoms with Crippen LogP contribution in [0.3, 0.4) is 0 Å². The van der Waals surface area contributed by atoms with Gasteiger partial charge in [0, 0.05) is 10.7 Å². The molecule has 1 aromatic heterocycles. The Morgan fingerprint density at radius 3 is 3.00 bits per heavy atom. The molecule has 3 nitrogen and oxygen atoms in total. The summed E-state index contributed by atoms with van der Waals surface area (Å²) in [5, 5.41) is 6.20. The van der Waals surface area contributed by atoms with Crippen molar-refractivity contribution in [2.24, 2.45) is 0 Å². The number of amides is 1. The highest BCUT2D eigenvalue weighted by atomic mass is 32.1. The third-order valence-electron chi connectivity index (χ3n) is 2.64. The van der Waals surface area contributed by atoms with E-state index in [-0.39, 0.29) is 12.1 Å². The van der Waals surface area contributed by atoms with Crippen LogP contribution in [0.15, 0.2) is 29.6 Å². The second-order valence-corrected chi connectivity index (χ2v) is 4.91. The van der Waals surface area contributed by atoms with E-state index in [1.807, 2.05) is 19.1 Å². The lowest BCUT2D eigenvalue weighted by atomic mass is 10.1. The fourth-order valence-corrected chi connectivity index (χ4v) is 2.81. The molecule has 1 heterocycles. The maximum atomic E-state index is 11.1. The summed E-state index contributed by atoms with van der Waals surface area (Å²) in [5.74, 6) is 0. The summed E-state index contributed by atoms with van der Waals surface area (Å²) >= 11 is 1.74. The molecule has 90 valence electrons. The lowest BCUT2D eigenvalue weighted by Gasteiger charge is -2.12. The lowest BCUT2D eigenvalue weighted by Crippen LogP contribution is -2.33. The highest BCUT2D eigenvalue weighted by molar-refractivity contribution is 7.17. The van der Waals surface area contributed by atoms with E-state index in [0.717, 1.165) is 6.42 Å². The zero-order valence-corrected chi connectivity index (χ0v) is 10.7. The third kappa shape index (κ3) is 2.77. The van der Waals surface area contributed by atoms with E-state index in [0.29, 0.717) is 0 Å². The first-order chi connectivity index (χ1) is 8.20. The average Bonchev–Trinajstić information content (AvgIpc) is 2.72. The van der Waals surface area contributed by atoms with Crippen molar-refractivity contribution in [2.75, 3.05) is 7.11 Å². The molecule has 1 atom stereocenters. The minimum absolute atomic E-state index is 0.0699. The van der Waals surface area contributed by atoms with E-state index in [9.17, 15) is 4.79 Å². The number of thiophene rings is 1. The third-order valence-corrected chi connectivity index (χ3v) is 3.65. The molecule has 4 heteroatoms. The summed E-state index contributed by atoms with van der Waals surface area (Å²) in [4.78, 5) is 11.1. The van der Waals surface area contributed by atoms with Crippen molar-refractivity contribution in [1.82, 2.24) is 5.32 Å². The van der Waals surface area contributed by atoms with Crippen LogP contribution in [-0.4, -0.2) is 19.2 Å². The Labute approximate surface area is 104 Å². The van der Waals surface area contributed by atoms with E-state index in [1.54, 1.807) is 11.3 Å². The van der Waals surface area contributed by atoms with E-state index >= 15 is 0 Å². The summed E-state index contributed by atoms with van der Waals surface area (Å²) in [5.41, 5.74) is 1.27. The van der Waals surface area contributed by atoms with Crippen molar-refractivity contribution in [2.45, 2.75) is 19.4 Å². The Kier molecular flexibility index (Phi) is 3.64. The first kappa shape index (κ1) is 11.9. The molecule has 0 aliphatic rings. The lowest BCUT2D eigenvalue weighted by molar-refractivity contribution is 0.167. The van der Waals surface area contributed by atoms with Crippen LogP contribution in [0.4, 0.5) is 4.79 Å². The monoisotopic (exact) mass is 249 g/mol. The predicted molar refractivity (Wildman–Crippen MR) is 70.5 cm³/mol. The summed E-state index contributed by atoms with van der Waals surface area (Å²) < 4.78 is 5.87. The first-order valence-electron chi connectivity index (χ1n) is 5.50. The number of alkyl carbamates (subject to hydrolysis) is 1. The molecule has 0 aliphatic carbocycles. The topological polar surface area (TPSA) is 38.3 Å². The maximum absolute atomic E-state index is 11.1. The molecule has 0 radical (unpaired) electrons. The Hall–Kier alpha value is -1.55. The molecule has 0 fully saturated rings. The van der Waals surface area contributed by atoms with E-state index in [2.05, 4.69) is 27.6 Å². The fourth-order valence-electron chi connectivity index (χ4n) is 1.83. The summed E-state index contributed by atoms with van der Waals surface area (Å²) in [6, 6.07) is 8.38. The highest BCUT2D eigenvalue weighted by Gasteiger charge is 2.10. The zero-order chi connectivity index (χ0) is 12.3. The smallest absolute Gasteiger partial charge is 0.407 e. The van der Waals surface area contributed by atoms with Crippen molar-refractivity contribution in [3.63, 3.8) is 0 Å². The van der Waals surface area contributed by atoms with Crippen molar-refractivity contribution in [1.29, 1.82) is 0 Å². The number of fused-ring (bicyclic) bond motifs is 1. The van der Waals surface area contributed by atoms with Gasteiger partial charge in [-0.15, -0.1) is 11.3 Å². The molecule has 0 bridgehead atoms.